The van der Waals surface area contributed by atoms with E-state index in [-0.39, 0.29) is 21.3 Å². The van der Waals surface area contributed by atoms with Crippen LogP contribution in [0.15, 0.2) is 75.1 Å². The summed E-state index contributed by atoms with van der Waals surface area (Å²) in [5, 5.41) is 3.89. The number of hydrogen-bond donors (Lipinski definition) is 0. The molecule has 1 aliphatic rings. The molecule has 0 saturated carbocycles. The maximum Gasteiger partial charge on any atom is 0.435 e. The molecule has 1 heterocycles. The van der Waals surface area contributed by atoms with E-state index in [1.165, 1.54) is 31.6 Å². The van der Waals surface area contributed by atoms with Gasteiger partial charge in [0.1, 0.15) is 5.75 Å². The van der Waals surface area contributed by atoms with E-state index in [2.05, 4.69) is 9.52 Å². The summed E-state index contributed by atoms with van der Waals surface area (Å²) in [7, 11) is -1.25. The fourth-order valence-electron chi connectivity index (χ4n) is 3.85. The van der Waals surface area contributed by atoms with Crippen LogP contribution in [0.5, 0.6) is 5.75 Å². The van der Waals surface area contributed by atoms with E-state index in [1.807, 2.05) is 0 Å². The predicted octanol–water partition coefficient (Wildman–Crippen LogP) is 7.68. The van der Waals surface area contributed by atoms with E-state index in [4.69, 9.17) is 32.8 Å². The fourth-order valence-corrected chi connectivity index (χ4v) is 5.70. The third kappa shape index (κ3) is 5.05. The average Bonchev–Trinajstić information content (AvgIpc) is 3.27. The molecular weight excluding hydrogens is 536 g/mol. The van der Waals surface area contributed by atoms with Gasteiger partial charge in [-0.2, -0.15) is 17.5 Å². The van der Waals surface area contributed by atoms with E-state index < -0.39 is 27.9 Å². The lowest BCUT2D eigenvalue weighted by atomic mass is 9.86. The standard InChI is InChI=1S/C25H21Cl2F3N2O3S/c1-15-10-16(4-9-22(15)32-36(3,33)21-7-5-20(34-2)6-8-21)23-14-24(35-31-23,25(28,29)30)17-11-18(26)13-19(27)12-17/h4-13H,14H2,1-3H3. The van der Waals surface area contributed by atoms with Crippen LogP contribution < -0.4 is 4.74 Å². The molecule has 0 amide bonds. The summed E-state index contributed by atoms with van der Waals surface area (Å²) >= 11 is 11.9. The van der Waals surface area contributed by atoms with Gasteiger partial charge in [0.2, 0.25) is 0 Å². The normalized spacial score (nSPS) is 19.3. The van der Waals surface area contributed by atoms with Crippen LogP contribution in [0.2, 0.25) is 10.0 Å². The highest BCUT2D eigenvalue weighted by Crippen LogP contribution is 2.49. The Bertz CT molecular complexity index is 1450. The van der Waals surface area contributed by atoms with Crippen molar-refractivity contribution in [3.63, 3.8) is 0 Å². The number of nitrogens with zero attached hydrogens (tertiary/aromatic N) is 2. The predicted molar refractivity (Wildman–Crippen MR) is 135 cm³/mol. The minimum Gasteiger partial charge on any atom is -0.497 e. The average molecular weight is 557 g/mol. The minimum absolute atomic E-state index is 0.0556. The Kier molecular flexibility index (Phi) is 7.02. The van der Waals surface area contributed by atoms with Gasteiger partial charge in [0.15, 0.2) is 0 Å². The third-order valence-electron chi connectivity index (χ3n) is 5.81. The Balaban J connectivity index is 1.66. The van der Waals surface area contributed by atoms with E-state index in [0.29, 0.717) is 27.5 Å². The van der Waals surface area contributed by atoms with Crippen molar-refractivity contribution in [1.29, 1.82) is 0 Å². The molecule has 1 aliphatic heterocycles. The quantitative estimate of drug-likeness (QED) is 0.323. The van der Waals surface area contributed by atoms with Gasteiger partial charge in [0, 0.05) is 33.2 Å². The number of alkyl halides is 3. The molecule has 2 unspecified atom stereocenters. The SMILES string of the molecule is COc1ccc(S(C)(=O)=Nc2ccc(C3=NOC(c4cc(Cl)cc(Cl)c4)(C(F)(F)F)C3)cc2C)cc1. The molecule has 0 N–H and O–H groups in total. The number of halogens is 5. The molecule has 0 aliphatic carbocycles. The molecule has 5 nitrogen and oxygen atoms in total. The van der Waals surface area contributed by atoms with Crippen molar-refractivity contribution in [3.05, 3.63) is 87.4 Å². The Morgan fingerprint density at radius 1 is 1.06 bits per heavy atom. The molecule has 3 aromatic rings. The number of ether oxygens (including phenoxy) is 1. The van der Waals surface area contributed by atoms with Gasteiger partial charge in [-0.05, 0) is 72.6 Å². The smallest absolute Gasteiger partial charge is 0.435 e. The van der Waals surface area contributed by atoms with E-state index in [9.17, 15) is 17.4 Å². The zero-order chi connectivity index (χ0) is 26.3. The monoisotopic (exact) mass is 556 g/mol. The van der Waals surface area contributed by atoms with Crippen molar-refractivity contribution in [1.82, 2.24) is 0 Å². The second-order valence-electron chi connectivity index (χ2n) is 8.36. The molecule has 0 spiro atoms. The lowest BCUT2D eigenvalue weighted by Crippen LogP contribution is -2.42. The van der Waals surface area contributed by atoms with Gasteiger partial charge in [-0.3, -0.25) is 0 Å². The van der Waals surface area contributed by atoms with Crippen LogP contribution in [-0.2, 0) is 20.2 Å². The Labute approximate surface area is 217 Å². The summed E-state index contributed by atoms with van der Waals surface area (Å²) in [6.45, 7) is 1.73. The summed E-state index contributed by atoms with van der Waals surface area (Å²) in [4.78, 5) is 5.59. The van der Waals surface area contributed by atoms with Crippen molar-refractivity contribution in [2.45, 2.75) is 30.0 Å². The van der Waals surface area contributed by atoms with Gasteiger partial charge in [0.05, 0.1) is 28.2 Å². The summed E-state index contributed by atoms with van der Waals surface area (Å²) in [5.41, 5.74) is -1.36. The molecule has 0 aromatic heterocycles. The highest BCUT2D eigenvalue weighted by Gasteiger charge is 2.62. The zero-order valence-corrected chi connectivity index (χ0v) is 21.7. The Hall–Kier alpha value is -2.75. The number of rotatable bonds is 5. The molecular formula is C25H21Cl2F3N2O3S. The maximum absolute atomic E-state index is 14.3. The van der Waals surface area contributed by atoms with Gasteiger partial charge < -0.3 is 9.57 Å². The summed E-state index contributed by atoms with van der Waals surface area (Å²) in [6.07, 6.45) is -3.84. The lowest BCUT2D eigenvalue weighted by molar-refractivity contribution is -0.275. The molecule has 0 fully saturated rings. The molecule has 0 bridgehead atoms. The van der Waals surface area contributed by atoms with Crippen LogP contribution in [0.25, 0.3) is 0 Å². The molecule has 4 rings (SSSR count). The topological polar surface area (TPSA) is 60.2 Å². The molecule has 11 heteroatoms. The van der Waals surface area contributed by atoms with Crippen molar-refractivity contribution < 1.29 is 27.0 Å². The number of oxime groups is 1. The summed E-state index contributed by atoms with van der Waals surface area (Å²) < 4.78 is 65.6. The van der Waals surface area contributed by atoms with Crippen LogP contribution in [0.1, 0.15) is 23.1 Å². The molecule has 0 saturated heterocycles. The van der Waals surface area contributed by atoms with Crippen molar-refractivity contribution in [2.75, 3.05) is 13.4 Å². The van der Waals surface area contributed by atoms with Crippen molar-refractivity contribution in [2.24, 2.45) is 9.52 Å². The first-order valence-electron chi connectivity index (χ1n) is 10.6. The first-order valence-corrected chi connectivity index (χ1v) is 13.3. The lowest BCUT2D eigenvalue weighted by Gasteiger charge is -2.29. The second kappa shape index (κ2) is 9.61. The number of benzene rings is 3. The Morgan fingerprint density at radius 2 is 1.69 bits per heavy atom. The zero-order valence-electron chi connectivity index (χ0n) is 19.4. The molecule has 2 atom stereocenters. The first kappa shape index (κ1) is 26.3. The van der Waals surface area contributed by atoms with Gasteiger partial charge in [-0.15, -0.1) is 0 Å². The molecule has 0 radical (unpaired) electrons. The summed E-state index contributed by atoms with van der Waals surface area (Å²) in [5.74, 6) is 0.629. The highest BCUT2D eigenvalue weighted by atomic mass is 35.5. The van der Waals surface area contributed by atoms with Gasteiger partial charge >= 0.3 is 6.18 Å². The summed E-state index contributed by atoms with van der Waals surface area (Å²) in [6, 6.07) is 15.3. The first-order chi connectivity index (χ1) is 16.8. The number of hydrogen-bond acceptors (Lipinski definition) is 5. The van der Waals surface area contributed by atoms with Crippen LogP contribution in [0.3, 0.4) is 0 Å². The van der Waals surface area contributed by atoms with Crippen LogP contribution >= 0.6 is 23.2 Å². The fraction of sp³-hybridized carbons (Fsp3) is 0.240. The van der Waals surface area contributed by atoms with Gasteiger partial charge in [-0.1, -0.05) is 34.4 Å². The van der Waals surface area contributed by atoms with Gasteiger partial charge in [-0.25, -0.2) is 4.21 Å². The number of methoxy groups -OCH3 is 1. The van der Waals surface area contributed by atoms with E-state index >= 15 is 0 Å². The van der Waals surface area contributed by atoms with Gasteiger partial charge in [0.25, 0.3) is 5.60 Å². The van der Waals surface area contributed by atoms with E-state index in [0.717, 1.165) is 0 Å². The third-order valence-corrected chi connectivity index (χ3v) is 7.94. The largest absolute Gasteiger partial charge is 0.497 e. The number of aryl methyl sites for hydroxylation is 1. The van der Waals surface area contributed by atoms with Crippen LogP contribution in [0, 0.1) is 6.92 Å². The van der Waals surface area contributed by atoms with E-state index in [1.54, 1.807) is 49.4 Å². The van der Waals surface area contributed by atoms with Crippen LogP contribution in [0.4, 0.5) is 18.9 Å². The van der Waals surface area contributed by atoms with Crippen molar-refractivity contribution in [3.8, 4) is 5.75 Å². The molecule has 190 valence electrons. The van der Waals surface area contributed by atoms with Crippen molar-refractivity contribution >= 4 is 44.3 Å². The maximum atomic E-state index is 14.3. The van der Waals surface area contributed by atoms with Crippen LogP contribution in [-0.4, -0.2) is 29.5 Å². The minimum atomic E-state index is -4.79. The second-order valence-corrected chi connectivity index (χ2v) is 11.5. The highest BCUT2D eigenvalue weighted by molar-refractivity contribution is 7.93. The molecule has 36 heavy (non-hydrogen) atoms. The molecule has 3 aromatic carbocycles. The Morgan fingerprint density at radius 3 is 2.25 bits per heavy atom.